The molecule has 9 nitrogen and oxygen atoms in total. The molecule has 1 fully saturated rings. The van der Waals surface area contributed by atoms with Crippen LogP contribution in [-0.4, -0.2) is 48.4 Å². The van der Waals surface area contributed by atoms with Gasteiger partial charge < -0.3 is 26.5 Å². The molecule has 128 valence electrons. The number of anilines is 1. The van der Waals surface area contributed by atoms with Crippen molar-refractivity contribution >= 4 is 29.8 Å². The monoisotopic (exact) mass is 333 g/mol. The number of rotatable bonds is 6. The first-order valence-electron chi connectivity index (χ1n) is 7.42. The summed E-state index contributed by atoms with van der Waals surface area (Å²) in [5.41, 5.74) is 1.55. The number of nitrogens with one attached hydrogen (secondary N) is 2. The summed E-state index contributed by atoms with van der Waals surface area (Å²) in [6, 6.07) is 5.97. The Hall–Kier alpha value is -3.10. The summed E-state index contributed by atoms with van der Waals surface area (Å²) in [6.45, 7) is 0.499. The van der Waals surface area contributed by atoms with E-state index in [4.69, 9.17) is 10.9 Å². The van der Waals surface area contributed by atoms with Gasteiger partial charge in [-0.2, -0.15) is 5.10 Å². The second-order valence-corrected chi connectivity index (χ2v) is 5.24. The average Bonchev–Trinajstić information content (AvgIpc) is 2.89. The van der Waals surface area contributed by atoms with Gasteiger partial charge in [0.05, 0.1) is 12.6 Å². The van der Waals surface area contributed by atoms with Crippen molar-refractivity contribution in [1.29, 1.82) is 0 Å². The van der Waals surface area contributed by atoms with Gasteiger partial charge in [0.25, 0.3) is 0 Å². The predicted molar refractivity (Wildman–Crippen MR) is 87.8 cm³/mol. The number of carboxylic acids is 1. The summed E-state index contributed by atoms with van der Waals surface area (Å²) in [4.78, 5) is 36.0. The fraction of sp³-hybridized carbons (Fsp3) is 0.333. The normalized spacial score (nSPS) is 17.2. The van der Waals surface area contributed by atoms with Gasteiger partial charge in [0.2, 0.25) is 5.91 Å². The Morgan fingerprint density at radius 2 is 2.08 bits per heavy atom. The number of hydrogen-bond acceptors (Lipinski definition) is 5. The van der Waals surface area contributed by atoms with E-state index in [1.807, 2.05) is 0 Å². The molecule has 5 N–H and O–H groups in total. The Labute approximate surface area is 138 Å². The van der Waals surface area contributed by atoms with Gasteiger partial charge in [0.1, 0.15) is 6.04 Å². The first kappa shape index (κ1) is 17.3. The number of nitrogens with zero attached hydrogens (tertiary/aromatic N) is 2. The molecule has 1 aromatic rings. The van der Waals surface area contributed by atoms with Crippen LogP contribution in [0.15, 0.2) is 29.4 Å². The third-order valence-electron chi connectivity index (χ3n) is 3.56. The van der Waals surface area contributed by atoms with Crippen LogP contribution in [0.4, 0.5) is 10.5 Å². The van der Waals surface area contributed by atoms with Crippen molar-refractivity contribution < 1.29 is 19.5 Å². The first-order chi connectivity index (χ1) is 11.5. The number of carbonyl (C=O) groups excluding carboxylic acids is 2. The first-order valence-corrected chi connectivity index (χ1v) is 7.42. The summed E-state index contributed by atoms with van der Waals surface area (Å²) in [7, 11) is 0. The van der Waals surface area contributed by atoms with Crippen LogP contribution in [0, 0.1) is 0 Å². The molecule has 3 amide bonds. The fourth-order valence-corrected chi connectivity index (χ4v) is 2.39. The zero-order chi connectivity index (χ0) is 17.5. The van der Waals surface area contributed by atoms with Crippen molar-refractivity contribution in [2.45, 2.75) is 18.9 Å². The van der Waals surface area contributed by atoms with Crippen LogP contribution in [0.25, 0.3) is 0 Å². The molecular formula is C15H19N5O4. The second kappa shape index (κ2) is 7.95. The van der Waals surface area contributed by atoms with Crippen LogP contribution in [0.2, 0.25) is 0 Å². The van der Waals surface area contributed by atoms with Gasteiger partial charge in [0.15, 0.2) is 0 Å². The molecule has 0 aliphatic carbocycles. The highest BCUT2D eigenvalue weighted by molar-refractivity contribution is 6.01. The van der Waals surface area contributed by atoms with Gasteiger partial charge in [-0.25, -0.2) is 4.79 Å². The van der Waals surface area contributed by atoms with E-state index in [1.54, 1.807) is 29.2 Å². The van der Waals surface area contributed by atoms with Gasteiger partial charge in [-0.05, 0) is 24.1 Å². The lowest BCUT2D eigenvalue weighted by atomic mass is 10.2. The molecular weight excluding hydrogens is 314 g/mol. The number of aliphatic carboxylic acids is 1. The molecule has 24 heavy (non-hydrogen) atoms. The lowest BCUT2D eigenvalue weighted by molar-refractivity contribution is -0.136. The van der Waals surface area contributed by atoms with E-state index in [0.29, 0.717) is 13.0 Å². The number of nitrogens with two attached hydrogens (primary N) is 1. The van der Waals surface area contributed by atoms with E-state index in [-0.39, 0.29) is 18.9 Å². The zero-order valence-electron chi connectivity index (χ0n) is 12.9. The van der Waals surface area contributed by atoms with Crippen LogP contribution in [0.3, 0.4) is 0 Å². The van der Waals surface area contributed by atoms with Crippen molar-refractivity contribution in [2.75, 3.05) is 18.0 Å². The molecule has 1 unspecified atom stereocenters. The molecule has 2 rings (SSSR count). The number of carboxylic acid groups (broad SMARTS) is 1. The molecule has 0 bridgehead atoms. The minimum Gasteiger partial charge on any atom is -0.481 e. The number of hydrogen-bond donors (Lipinski definition) is 4. The molecule has 9 heteroatoms. The van der Waals surface area contributed by atoms with Crippen LogP contribution in [0.5, 0.6) is 0 Å². The maximum Gasteiger partial charge on any atom is 0.315 e. The third kappa shape index (κ3) is 4.45. The molecule has 0 saturated carbocycles. The summed E-state index contributed by atoms with van der Waals surface area (Å²) >= 11 is 0. The smallest absolute Gasteiger partial charge is 0.315 e. The maximum atomic E-state index is 12.4. The lowest BCUT2D eigenvalue weighted by Gasteiger charge is -2.17. The zero-order valence-corrected chi connectivity index (χ0v) is 12.9. The van der Waals surface area contributed by atoms with Crippen LogP contribution >= 0.6 is 0 Å². The van der Waals surface area contributed by atoms with Crippen molar-refractivity contribution in [3.63, 3.8) is 0 Å². The van der Waals surface area contributed by atoms with Crippen molar-refractivity contribution in [3.8, 4) is 0 Å². The Balaban J connectivity index is 1.89. The average molecular weight is 333 g/mol. The Kier molecular flexibility index (Phi) is 5.72. The number of urea groups is 1. The Morgan fingerprint density at radius 3 is 2.71 bits per heavy atom. The molecule has 1 heterocycles. The second-order valence-electron chi connectivity index (χ2n) is 5.24. The van der Waals surface area contributed by atoms with Crippen LogP contribution in [0.1, 0.15) is 18.4 Å². The molecule has 1 saturated heterocycles. The highest BCUT2D eigenvalue weighted by Gasteiger charge is 2.33. The van der Waals surface area contributed by atoms with E-state index < -0.39 is 18.0 Å². The number of hydrazone groups is 1. The minimum atomic E-state index is -0.999. The number of amides is 3. The summed E-state index contributed by atoms with van der Waals surface area (Å²) in [6.07, 6.45) is 1.81. The SMILES string of the molecule is NN=Cc1ccc(N2CCC(NC(=O)NCCC(=O)O)C2=O)cc1. The fourth-order valence-electron chi connectivity index (χ4n) is 2.39. The Bertz CT molecular complexity index is 644. The summed E-state index contributed by atoms with van der Waals surface area (Å²) in [5, 5.41) is 16.9. The molecule has 0 spiro atoms. The lowest BCUT2D eigenvalue weighted by Crippen LogP contribution is -2.46. The van der Waals surface area contributed by atoms with Crippen molar-refractivity contribution in [1.82, 2.24) is 10.6 Å². The van der Waals surface area contributed by atoms with Crippen LogP contribution < -0.4 is 21.4 Å². The molecule has 0 aromatic heterocycles. The van der Waals surface area contributed by atoms with E-state index in [0.717, 1.165) is 11.3 Å². The largest absolute Gasteiger partial charge is 0.481 e. The van der Waals surface area contributed by atoms with E-state index in [1.165, 1.54) is 6.21 Å². The molecule has 0 radical (unpaired) electrons. The van der Waals surface area contributed by atoms with E-state index in [2.05, 4.69) is 15.7 Å². The molecule has 1 aliphatic heterocycles. The molecule has 1 aliphatic rings. The van der Waals surface area contributed by atoms with Crippen molar-refractivity contribution in [3.05, 3.63) is 29.8 Å². The highest BCUT2D eigenvalue weighted by Crippen LogP contribution is 2.21. The van der Waals surface area contributed by atoms with Gasteiger partial charge in [0, 0.05) is 18.8 Å². The van der Waals surface area contributed by atoms with Crippen molar-refractivity contribution in [2.24, 2.45) is 10.9 Å². The van der Waals surface area contributed by atoms with Gasteiger partial charge in [-0.3, -0.25) is 9.59 Å². The quantitative estimate of drug-likeness (QED) is 0.326. The minimum absolute atomic E-state index is 0.00987. The summed E-state index contributed by atoms with van der Waals surface area (Å²) in [5.74, 6) is 3.88. The molecule has 1 aromatic carbocycles. The van der Waals surface area contributed by atoms with Gasteiger partial charge >= 0.3 is 12.0 Å². The number of carbonyl (C=O) groups is 3. The number of benzene rings is 1. The Morgan fingerprint density at radius 1 is 1.38 bits per heavy atom. The maximum absolute atomic E-state index is 12.4. The predicted octanol–water partition coefficient (Wildman–Crippen LogP) is -0.142. The summed E-state index contributed by atoms with van der Waals surface area (Å²) < 4.78 is 0. The topological polar surface area (TPSA) is 137 Å². The van der Waals surface area contributed by atoms with Gasteiger partial charge in [-0.1, -0.05) is 12.1 Å². The van der Waals surface area contributed by atoms with Crippen LogP contribution in [-0.2, 0) is 9.59 Å². The van der Waals surface area contributed by atoms with Gasteiger partial charge in [-0.15, -0.1) is 0 Å². The third-order valence-corrected chi connectivity index (χ3v) is 3.56. The van der Waals surface area contributed by atoms with E-state index in [9.17, 15) is 14.4 Å². The van der Waals surface area contributed by atoms with E-state index >= 15 is 0 Å². The highest BCUT2D eigenvalue weighted by atomic mass is 16.4. The molecule has 1 atom stereocenters. The standard InChI is InChI=1S/C15H19N5O4/c16-18-9-10-1-3-11(4-2-10)20-8-6-12(14(20)23)19-15(24)17-7-5-13(21)22/h1-4,9,12H,5-8,16H2,(H,21,22)(H2,17,19,24).